The lowest BCUT2D eigenvalue weighted by Crippen LogP contribution is -2.54. The zero-order valence-electron chi connectivity index (χ0n) is 17.7. The highest BCUT2D eigenvalue weighted by Crippen LogP contribution is 2.28. The molecule has 2 aromatic carbocycles. The third kappa shape index (κ3) is 3.59. The van der Waals surface area contributed by atoms with Crippen LogP contribution >= 0.6 is 0 Å². The molecule has 3 heterocycles. The lowest BCUT2D eigenvalue weighted by atomic mass is 10.0. The molecule has 3 N–H and O–H groups in total. The van der Waals surface area contributed by atoms with E-state index in [1.165, 1.54) is 12.1 Å². The molecule has 10 heteroatoms. The third-order valence-electron chi connectivity index (χ3n) is 5.70. The van der Waals surface area contributed by atoms with E-state index in [0.29, 0.717) is 10.9 Å². The van der Waals surface area contributed by atoms with Crippen molar-refractivity contribution in [2.75, 3.05) is 6.54 Å². The number of piperidine rings is 1. The average Bonchev–Trinajstić information content (AvgIpc) is 3.36. The van der Waals surface area contributed by atoms with Gasteiger partial charge < -0.3 is 5.32 Å². The number of nitrogens with zero attached hydrogens (tertiary/aromatic N) is 2. The van der Waals surface area contributed by atoms with E-state index in [0.717, 1.165) is 10.4 Å². The predicted octanol–water partition coefficient (Wildman–Crippen LogP) is 0.746. The van der Waals surface area contributed by atoms with Crippen LogP contribution in [0.15, 0.2) is 42.5 Å². The second-order valence-electron chi connectivity index (χ2n) is 7.81. The summed E-state index contributed by atoms with van der Waals surface area (Å²) in [5.41, 5.74) is 1.83. The molecule has 1 aromatic heterocycles. The molecule has 1 fully saturated rings. The first-order valence-corrected chi connectivity index (χ1v) is 10.5. The van der Waals surface area contributed by atoms with Gasteiger partial charge in [0.15, 0.2) is 5.69 Å². The highest BCUT2D eigenvalue weighted by atomic mass is 16.2. The Hall–Kier alpha value is -4.78. The van der Waals surface area contributed by atoms with Gasteiger partial charge in [-0.3, -0.25) is 39.3 Å². The van der Waals surface area contributed by atoms with Crippen molar-refractivity contribution in [3.05, 3.63) is 64.8 Å². The number of fused-ring (bicyclic) bond motifs is 2. The highest BCUT2D eigenvalue weighted by Gasteiger charge is 2.44. The highest BCUT2D eigenvalue weighted by molar-refractivity contribution is 6.23. The molecule has 0 radical (unpaired) electrons. The minimum atomic E-state index is -1.02. The molecule has 0 saturated carbocycles. The third-order valence-corrected chi connectivity index (χ3v) is 5.70. The first-order valence-electron chi connectivity index (χ1n) is 10.5. The van der Waals surface area contributed by atoms with Crippen molar-refractivity contribution in [3.8, 4) is 11.8 Å². The number of para-hydroxylation sites is 1. The fraction of sp³-hybridized carbons (Fsp3) is 0.167. The van der Waals surface area contributed by atoms with Gasteiger partial charge in [-0.1, -0.05) is 30.0 Å². The van der Waals surface area contributed by atoms with Crippen LogP contribution in [0.2, 0.25) is 0 Å². The Bertz CT molecular complexity index is 1460. The summed E-state index contributed by atoms with van der Waals surface area (Å²) in [6.07, 6.45) is 0.147. The summed E-state index contributed by atoms with van der Waals surface area (Å²) in [5.74, 6) is 3.03. The van der Waals surface area contributed by atoms with Gasteiger partial charge in [-0.15, -0.1) is 0 Å². The zero-order chi connectivity index (χ0) is 23.8. The van der Waals surface area contributed by atoms with Crippen molar-refractivity contribution >= 4 is 40.4 Å². The first-order chi connectivity index (χ1) is 16.4. The molecule has 5 rings (SSSR count). The van der Waals surface area contributed by atoms with E-state index in [-0.39, 0.29) is 42.1 Å². The summed E-state index contributed by atoms with van der Waals surface area (Å²) in [6.45, 7) is 0.0480. The summed E-state index contributed by atoms with van der Waals surface area (Å²) in [7, 11) is 0. The molecule has 168 valence electrons. The maximum absolute atomic E-state index is 12.9. The van der Waals surface area contributed by atoms with Crippen molar-refractivity contribution in [1.82, 2.24) is 25.7 Å². The number of hydrogen-bond acceptors (Lipinski definition) is 6. The summed E-state index contributed by atoms with van der Waals surface area (Å²) in [6, 6.07) is 10.8. The minimum Gasteiger partial charge on any atom is -0.340 e. The Morgan fingerprint density at radius 2 is 1.88 bits per heavy atom. The normalized spacial score (nSPS) is 17.3. The molecular formula is C24H17N5O5. The molecule has 0 bridgehead atoms. The first kappa shape index (κ1) is 21.1. The number of nitrogens with one attached hydrogen (secondary N) is 3. The van der Waals surface area contributed by atoms with Gasteiger partial charge in [-0.2, -0.15) is 5.10 Å². The smallest absolute Gasteiger partial charge is 0.273 e. The van der Waals surface area contributed by atoms with Gasteiger partial charge in [0.05, 0.1) is 23.2 Å². The largest absolute Gasteiger partial charge is 0.340 e. The molecule has 5 amide bonds. The van der Waals surface area contributed by atoms with Gasteiger partial charge >= 0.3 is 0 Å². The number of carbonyl (C=O) groups excluding carboxylic acids is 5. The van der Waals surface area contributed by atoms with Gasteiger partial charge in [0, 0.05) is 17.4 Å². The summed E-state index contributed by atoms with van der Waals surface area (Å²) < 4.78 is 0. The maximum Gasteiger partial charge on any atom is 0.273 e. The Kier molecular flexibility index (Phi) is 5.14. The van der Waals surface area contributed by atoms with Gasteiger partial charge in [0.2, 0.25) is 11.8 Å². The number of hydrogen-bond donors (Lipinski definition) is 3. The number of benzene rings is 2. The number of aromatic amines is 1. The molecule has 10 nitrogen and oxygen atoms in total. The van der Waals surface area contributed by atoms with Crippen LogP contribution in [0, 0.1) is 11.8 Å². The lowest BCUT2D eigenvalue weighted by Gasteiger charge is -2.27. The second kappa shape index (κ2) is 8.29. The minimum absolute atomic E-state index is 0.0480. The Balaban J connectivity index is 1.28. The van der Waals surface area contributed by atoms with Crippen LogP contribution in [0.3, 0.4) is 0 Å². The molecule has 2 aliphatic rings. The zero-order valence-corrected chi connectivity index (χ0v) is 17.7. The number of amides is 5. The van der Waals surface area contributed by atoms with Crippen LogP contribution in [0.5, 0.6) is 0 Å². The van der Waals surface area contributed by atoms with E-state index in [2.05, 4.69) is 32.7 Å². The summed E-state index contributed by atoms with van der Waals surface area (Å²) >= 11 is 0. The summed E-state index contributed by atoms with van der Waals surface area (Å²) in [5, 5.41) is 12.4. The van der Waals surface area contributed by atoms with Crippen molar-refractivity contribution in [2.24, 2.45) is 0 Å². The lowest BCUT2D eigenvalue weighted by molar-refractivity contribution is -0.136. The number of carbonyl (C=O) groups is 5. The van der Waals surface area contributed by atoms with Gasteiger partial charge in [-0.05, 0) is 30.7 Å². The Morgan fingerprint density at radius 3 is 2.71 bits per heavy atom. The van der Waals surface area contributed by atoms with Crippen LogP contribution in [0.1, 0.15) is 49.6 Å². The van der Waals surface area contributed by atoms with E-state index in [1.54, 1.807) is 12.1 Å². The maximum atomic E-state index is 12.9. The molecule has 1 unspecified atom stereocenters. The second-order valence-corrected chi connectivity index (χ2v) is 7.81. The molecule has 34 heavy (non-hydrogen) atoms. The molecule has 2 aliphatic heterocycles. The molecule has 3 aromatic rings. The molecule has 0 spiro atoms. The molecular weight excluding hydrogens is 438 g/mol. The van der Waals surface area contributed by atoms with Crippen LogP contribution in [0.25, 0.3) is 10.9 Å². The van der Waals surface area contributed by atoms with Crippen molar-refractivity contribution in [1.29, 1.82) is 0 Å². The summed E-state index contributed by atoms with van der Waals surface area (Å²) in [4.78, 5) is 62.4. The molecule has 1 atom stereocenters. The molecule has 1 saturated heterocycles. The van der Waals surface area contributed by atoms with Crippen molar-refractivity contribution < 1.29 is 24.0 Å². The monoisotopic (exact) mass is 455 g/mol. The number of rotatable bonds is 3. The SMILES string of the molecule is O=C1CCC(N2C(=O)c3ccc(C#CCNC(=O)c4n[nH]c5ccccc45)cc3C2=O)C(=O)N1. The number of imide groups is 2. The van der Waals surface area contributed by atoms with Crippen molar-refractivity contribution in [2.45, 2.75) is 18.9 Å². The molecule has 0 aliphatic carbocycles. The standard InChI is InChI=1S/C24H17N5O5/c30-19-10-9-18(21(31)26-19)29-23(33)14-8-7-13(12-16(14)24(29)34)4-3-11-25-22(32)20-15-5-1-2-6-17(15)27-28-20/h1-2,5-8,12,18H,9-11H2,(H,25,32)(H,27,28)(H,26,30,31). The van der Waals surface area contributed by atoms with Crippen LogP contribution in [-0.2, 0) is 9.59 Å². The van der Waals surface area contributed by atoms with Gasteiger partial charge in [0.1, 0.15) is 6.04 Å². The van der Waals surface area contributed by atoms with Crippen molar-refractivity contribution in [3.63, 3.8) is 0 Å². The van der Waals surface area contributed by atoms with Gasteiger partial charge in [-0.25, -0.2) is 0 Å². The van der Waals surface area contributed by atoms with E-state index in [1.807, 2.05) is 18.2 Å². The predicted molar refractivity (Wildman–Crippen MR) is 118 cm³/mol. The van der Waals surface area contributed by atoms with Crippen LogP contribution in [0.4, 0.5) is 0 Å². The van der Waals surface area contributed by atoms with E-state index >= 15 is 0 Å². The number of H-pyrrole nitrogens is 1. The van der Waals surface area contributed by atoms with E-state index in [9.17, 15) is 24.0 Å². The average molecular weight is 455 g/mol. The topological polar surface area (TPSA) is 141 Å². The van der Waals surface area contributed by atoms with Crippen LogP contribution < -0.4 is 10.6 Å². The Morgan fingerprint density at radius 1 is 1.09 bits per heavy atom. The Labute approximate surface area is 192 Å². The fourth-order valence-electron chi connectivity index (χ4n) is 4.04. The number of aromatic nitrogens is 2. The quantitative estimate of drug-likeness (QED) is 0.393. The van der Waals surface area contributed by atoms with Crippen LogP contribution in [-0.4, -0.2) is 57.2 Å². The van der Waals surface area contributed by atoms with Gasteiger partial charge in [0.25, 0.3) is 17.7 Å². The van der Waals surface area contributed by atoms with E-state index < -0.39 is 29.7 Å². The fourth-order valence-corrected chi connectivity index (χ4v) is 4.04. The van der Waals surface area contributed by atoms with E-state index in [4.69, 9.17) is 0 Å².